The summed E-state index contributed by atoms with van der Waals surface area (Å²) in [5, 5.41) is 6.89. The molecule has 0 saturated heterocycles. The van der Waals surface area contributed by atoms with Crippen molar-refractivity contribution < 1.29 is 9.90 Å². The van der Waals surface area contributed by atoms with E-state index in [-0.39, 0.29) is 6.47 Å². The molecule has 102 valence electrons. The van der Waals surface area contributed by atoms with Crippen molar-refractivity contribution in [1.82, 2.24) is 4.90 Å². The lowest BCUT2D eigenvalue weighted by atomic mass is 10.2. The molecule has 0 atom stereocenters. The first kappa shape index (κ1) is 18.6. The third kappa shape index (κ3) is 10.7. The quantitative estimate of drug-likeness (QED) is 0.491. The summed E-state index contributed by atoms with van der Waals surface area (Å²) in [5.74, 6) is 0. The van der Waals surface area contributed by atoms with Gasteiger partial charge in [0.25, 0.3) is 6.47 Å². The number of rotatable bonds is 4. The van der Waals surface area contributed by atoms with Gasteiger partial charge in [-0.25, -0.2) is 0 Å². The molecular weight excluding hydrogens is 228 g/mol. The molecule has 0 bridgehead atoms. The average molecular weight is 252 g/mol. The molecule has 18 heavy (non-hydrogen) atoms. The van der Waals surface area contributed by atoms with Gasteiger partial charge < -0.3 is 10.8 Å². The largest absolute Gasteiger partial charge is 0.483 e. The highest BCUT2D eigenvalue weighted by atomic mass is 16.3. The third-order valence-corrected chi connectivity index (χ3v) is 1.87. The van der Waals surface area contributed by atoms with Crippen molar-refractivity contribution in [2.24, 2.45) is 0 Å². The van der Waals surface area contributed by atoms with E-state index in [9.17, 15) is 0 Å². The Kier molecular flexibility index (Phi) is 13.7. The number of carboxylic acid groups (broad SMARTS) is 1. The normalized spacial score (nSPS) is 8.44. The lowest BCUT2D eigenvalue weighted by Gasteiger charge is -2.13. The number of benzene rings is 1. The van der Waals surface area contributed by atoms with Crippen LogP contribution in [0.15, 0.2) is 36.9 Å². The summed E-state index contributed by atoms with van der Waals surface area (Å²) in [5.41, 5.74) is 7.68. The third-order valence-electron chi connectivity index (χ3n) is 1.87. The van der Waals surface area contributed by atoms with E-state index in [1.165, 1.54) is 5.56 Å². The zero-order valence-electron chi connectivity index (χ0n) is 11.5. The smallest absolute Gasteiger partial charge is 0.290 e. The molecule has 0 unspecified atom stereocenters. The minimum atomic E-state index is -0.250. The summed E-state index contributed by atoms with van der Waals surface area (Å²) in [6, 6.07) is 7.96. The van der Waals surface area contributed by atoms with Crippen LogP contribution in [0.1, 0.15) is 19.4 Å². The molecule has 1 rings (SSSR count). The summed E-state index contributed by atoms with van der Waals surface area (Å²) < 4.78 is 0. The molecule has 0 heterocycles. The SMILES string of the molecule is C=CCN(C)Cc1ccc(N)cc1.CC.O=CO. The minimum absolute atomic E-state index is 0.250. The maximum absolute atomic E-state index is 8.36. The predicted octanol–water partition coefficient (Wildman–Crippen LogP) is 2.61. The average Bonchev–Trinajstić information content (AvgIpc) is 2.36. The molecule has 0 radical (unpaired) electrons. The molecule has 3 N–H and O–H groups in total. The topological polar surface area (TPSA) is 66.6 Å². The van der Waals surface area contributed by atoms with Crippen molar-refractivity contribution in [3.05, 3.63) is 42.5 Å². The molecule has 0 aromatic heterocycles. The van der Waals surface area contributed by atoms with Crippen LogP contribution >= 0.6 is 0 Å². The fourth-order valence-electron chi connectivity index (χ4n) is 1.22. The van der Waals surface area contributed by atoms with Crippen LogP contribution in [0.3, 0.4) is 0 Å². The van der Waals surface area contributed by atoms with Gasteiger partial charge in [-0.1, -0.05) is 32.1 Å². The van der Waals surface area contributed by atoms with Crippen LogP contribution in [-0.2, 0) is 11.3 Å². The van der Waals surface area contributed by atoms with E-state index >= 15 is 0 Å². The Bertz CT molecular complexity index is 310. The fourth-order valence-corrected chi connectivity index (χ4v) is 1.22. The number of nitrogens with two attached hydrogens (primary N) is 1. The van der Waals surface area contributed by atoms with Gasteiger partial charge in [-0.05, 0) is 24.7 Å². The van der Waals surface area contributed by atoms with Gasteiger partial charge in [0, 0.05) is 18.8 Å². The number of nitrogen functional groups attached to an aromatic ring is 1. The number of anilines is 1. The Morgan fingerprint density at radius 3 is 2.17 bits per heavy atom. The van der Waals surface area contributed by atoms with E-state index in [4.69, 9.17) is 15.6 Å². The van der Waals surface area contributed by atoms with E-state index in [0.717, 1.165) is 18.8 Å². The Morgan fingerprint density at radius 2 is 1.78 bits per heavy atom. The van der Waals surface area contributed by atoms with Gasteiger partial charge in [-0.15, -0.1) is 6.58 Å². The van der Waals surface area contributed by atoms with Gasteiger partial charge in [-0.3, -0.25) is 9.69 Å². The van der Waals surface area contributed by atoms with Crippen LogP contribution in [-0.4, -0.2) is 30.1 Å². The van der Waals surface area contributed by atoms with Crippen LogP contribution in [0.5, 0.6) is 0 Å². The molecule has 0 saturated carbocycles. The summed E-state index contributed by atoms with van der Waals surface area (Å²) in [6.07, 6.45) is 1.90. The van der Waals surface area contributed by atoms with Gasteiger partial charge in [0.1, 0.15) is 0 Å². The first-order valence-corrected chi connectivity index (χ1v) is 5.85. The molecular formula is C14H24N2O2. The first-order valence-electron chi connectivity index (χ1n) is 5.85. The molecule has 4 nitrogen and oxygen atoms in total. The summed E-state index contributed by atoms with van der Waals surface area (Å²) in [4.78, 5) is 10.6. The van der Waals surface area contributed by atoms with Crippen LogP contribution in [0.2, 0.25) is 0 Å². The minimum Gasteiger partial charge on any atom is -0.483 e. The molecule has 0 fully saturated rings. The molecule has 1 aromatic carbocycles. The van der Waals surface area contributed by atoms with E-state index in [1.807, 2.05) is 32.1 Å². The maximum Gasteiger partial charge on any atom is 0.290 e. The monoisotopic (exact) mass is 252 g/mol. The fraction of sp³-hybridized carbons (Fsp3) is 0.357. The highest BCUT2D eigenvalue weighted by molar-refractivity contribution is 5.39. The van der Waals surface area contributed by atoms with E-state index in [0.29, 0.717) is 0 Å². The lowest BCUT2D eigenvalue weighted by Crippen LogP contribution is -2.17. The van der Waals surface area contributed by atoms with Crippen LogP contribution in [0, 0.1) is 0 Å². The molecule has 0 aliphatic rings. The van der Waals surface area contributed by atoms with Crippen molar-refractivity contribution in [2.75, 3.05) is 19.3 Å². The highest BCUT2D eigenvalue weighted by Crippen LogP contribution is 2.07. The first-order chi connectivity index (χ1) is 8.63. The van der Waals surface area contributed by atoms with Crippen molar-refractivity contribution >= 4 is 12.2 Å². The Labute approximate surface area is 110 Å². The maximum atomic E-state index is 8.36. The second-order valence-electron chi connectivity index (χ2n) is 3.33. The number of carbonyl (C=O) groups is 1. The summed E-state index contributed by atoms with van der Waals surface area (Å²) in [6.45, 7) is 9.29. The Hall–Kier alpha value is -1.81. The predicted molar refractivity (Wildman–Crippen MR) is 77.4 cm³/mol. The standard InChI is InChI=1S/C11H16N2.C2H6.CH2O2/c1-3-8-13(2)9-10-4-6-11(12)7-5-10;1-2;2-1-3/h3-7H,1,8-9,12H2,2H3;1-2H3;1H,(H,2,3). The number of hydrogen-bond acceptors (Lipinski definition) is 3. The molecule has 0 aliphatic heterocycles. The van der Waals surface area contributed by atoms with Gasteiger partial charge in [-0.2, -0.15) is 0 Å². The van der Waals surface area contributed by atoms with Crippen molar-refractivity contribution in [3.63, 3.8) is 0 Å². The zero-order valence-corrected chi connectivity index (χ0v) is 11.5. The molecule has 0 spiro atoms. The van der Waals surface area contributed by atoms with Crippen LogP contribution in [0.4, 0.5) is 5.69 Å². The van der Waals surface area contributed by atoms with Gasteiger partial charge in [0.2, 0.25) is 0 Å². The van der Waals surface area contributed by atoms with E-state index < -0.39 is 0 Å². The number of nitrogens with zero attached hydrogens (tertiary/aromatic N) is 1. The highest BCUT2D eigenvalue weighted by Gasteiger charge is 1.96. The van der Waals surface area contributed by atoms with Crippen molar-refractivity contribution in [3.8, 4) is 0 Å². The van der Waals surface area contributed by atoms with E-state index in [2.05, 4.69) is 30.7 Å². The number of hydrogen-bond donors (Lipinski definition) is 2. The van der Waals surface area contributed by atoms with Gasteiger partial charge >= 0.3 is 0 Å². The van der Waals surface area contributed by atoms with Crippen LogP contribution < -0.4 is 5.73 Å². The summed E-state index contributed by atoms with van der Waals surface area (Å²) >= 11 is 0. The summed E-state index contributed by atoms with van der Waals surface area (Å²) in [7, 11) is 2.07. The molecule has 4 heteroatoms. The van der Waals surface area contributed by atoms with Crippen LogP contribution in [0.25, 0.3) is 0 Å². The zero-order chi connectivity index (χ0) is 14.4. The van der Waals surface area contributed by atoms with Gasteiger partial charge in [0.05, 0.1) is 0 Å². The number of likely N-dealkylation sites (N-methyl/N-ethyl adjacent to an activating group) is 1. The second-order valence-corrected chi connectivity index (χ2v) is 3.33. The molecule has 0 amide bonds. The van der Waals surface area contributed by atoms with Crippen molar-refractivity contribution in [2.45, 2.75) is 20.4 Å². The molecule has 0 aliphatic carbocycles. The van der Waals surface area contributed by atoms with E-state index in [1.54, 1.807) is 0 Å². The van der Waals surface area contributed by atoms with Gasteiger partial charge in [0.15, 0.2) is 0 Å². The Balaban J connectivity index is 0. The Morgan fingerprint density at radius 1 is 1.33 bits per heavy atom. The lowest BCUT2D eigenvalue weighted by molar-refractivity contribution is -0.122. The second kappa shape index (κ2) is 13.3. The molecule has 1 aromatic rings. The van der Waals surface area contributed by atoms with Crippen molar-refractivity contribution in [1.29, 1.82) is 0 Å².